The molecule has 35 heavy (non-hydrogen) atoms. The van der Waals surface area contributed by atoms with Crippen molar-refractivity contribution in [1.29, 1.82) is 0 Å². The van der Waals surface area contributed by atoms with E-state index in [4.69, 9.17) is 0 Å². The molecule has 3 aromatic rings. The summed E-state index contributed by atoms with van der Waals surface area (Å²) in [7, 11) is -3.49. The number of hydrogen-bond acceptors (Lipinski definition) is 6. The molecule has 0 atom stereocenters. The van der Waals surface area contributed by atoms with Crippen molar-refractivity contribution in [2.75, 3.05) is 49.1 Å². The lowest BCUT2D eigenvalue weighted by atomic mass is 10.1. The van der Waals surface area contributed by atoms with E-state index >= 15 is 0 Å². The third kappa shape index (κ3) is 4.77. The van der Waals surface area contributed by atoms with Crippen LogP contribution in [0, 0.1) is 20.8 Å². The minimum atomic E-state index is -3.49. The normalized spacial score (nSPS) is 17.2. The summed E-state index contributed by atoms with van der Waals surface area (Å²) in [4.78, 5) is 5.07. The highest BCUT2D eigenvalue weighted by atomic mass is 32.2. The minimum Gasteiger partial charge on any atom is -0.368 e. The first-order valence-corrected chi connectivity index (χ1v) is 13.8. The van der Waals surface area contributed by atoms with Gasteiger partial charge >= 0.3 is 0 Å². The van der Waals surface area contributed by atoms with Gasteiger partial charge in [0.05, 0.1) is 10.6 Å². The molecule has 2 fully saturated rings. The molecule has 2 aliphatic heterocycles. The monoisotopic (exact) mass is 491 g/mol. The van der Waals surface area contributed by atoms with Gasteiger partial charge in [0, 0.05) is 50.5 Å². The second-order valence-corrected chi connectivity index (χ2v) is 11.5. The number of benzene rings is 2. The fraction of sp³-hybridized carbons (Fsp3) is 0.407. The van der Waals surface area contributed by atoms with Crippen molar-refractivity contribution in [2.24, 2.45) is 0 Å². The van der Waals surface area contributed by atoms with Crippen LogP contribution in [-0.4, -0.2) is 62.2 Å². The van der Waals surface area contributed by atoms with Gasteiger partial charge in [-0.1, -0.05) is 24.3 Å². The molecule has 0 amide bonds. The second kappa shape index (κ2) is 9.59. The molecule has 0 N–H and O–H groups in total. The molecule has 0 aliphatic carbocycles. The van der Waals surface area contributed by atoms with Crippen LogP contribution in [0.3, 0.4) is 0 Å². The lowest BCUT2D eigenvalue weighted by molar-refractivity contribution is 0.477. The van der Waals surface area contributed by atoms with Crippen molar-refractivity contribution in [1.82, 2.24) is 14.5 Å². The van der Waals surface area contributed by atoms with E-state index < -0.39 is 10.0 Å². The molecule has 3 heterocycles. The largest absolute Gasteiger partial charge is 0.368 e. The summed E-state index contributed by atoms with van der Waals surface area (Å²) in [6.07, 6.45) is 1.84. The van der Waals surface area contributed by atoms with Gasteiger partial charge in [-0.25, -0.2) is 8.42 Å². The number of piperazine rings is 1. The van der Waals surface area contributed by atoms with Crippen molar-refractivity contribution in [3.8, 4) is 11.3 Å². The summed E-state index contributed by atoms with van der Waals surface area (Å²) in [6, 6.07) is 16.1. The summed E-state index contributed by atoms with van der Waals surface area (Å²) >= 11 is 0. The van der Waals surface area contributed by atoms with Crippen molar-refractivity contribution in [3.05, 3.63) is 65.2 Å². The molecule has 0 bridgehead atoms. The fourth-order valence-electron chi connectivity index (χ4n) is 4.99. The Morgan fingerprint density at radius 3 is 2.09 bits per heavy atom. The first-order chi connectivity index (χ1) is 16.8. The third-order valence-corrected chi connectivity index (χ3v) is 9.17. The van der Waals surface area contributed by atoms with Crippen LogP contribution >= 0.6 is 0 Å². The summed E-state index contributed by atoms with van der Waals surface area (Å²) < 4.78 is 27.9. The quantitative estimate of drug-likeness (QED) is 0.533. The van der Waals surface area contributed by atoms with Crippen LogP contribution in [0.5, 0.6) is 0 Å². The van der Waals surface area contributed by atoms with Gasteiger partial charge in [-0.15, -0.1) is 10.2 Å². The lowest BCUT2D eigenvalue weighted by Crippen LogP contribution is -2.47. The Kier molecular flexibility index (Phi) is 6.51. The topological polar surface area (TPSA) is 69.6 Å². The van der Waals surface area contributed by atoms with Crippen LogP contribution in [0.2, 0.25) is 0 Å². The van der Waals surface area contributed by atoms with Crippen molar-refractivity contribution >= 4 is 21.5 Å². The van der Waals surface area contributed by atoms with Crippen LogP contribution < -0.4 is 9.80 Å². The smallest absolute Gasteiger partial charge is 0.243 e. The molecule has 5 rings (SSSR count). The molecular weight excluding hydrogens is 458 g/mol. The number of nitrogens with zero attached hydrogens (tertiary/aromatic N) is 5. The molecular formula is C27H33N5O2S. The highest BCUT2D eigenvalue weighted by molar-refractivity contribution is 7.89. The van der Waals surface area contributed by atoms with E-state index in [9.17, 15) is 8.42 Å². The summed E-state index contributed by atoms with van der Waals surface area (Å²) in [6.45, 7) is 11.0. The molecule has 2 aliphatic rings. The van der Waals surface area contributed by atoms with Crippen LogP contribution in [0.1, 0.15) is 29.5 Å². The van der Waals surface area contributed by atoms with Crippen LogP contribution in [-0.2, 0) is 10.0 Å². The van der Waals surface area contributed by atoms with E-state index in [1.54, 1.807) is 10.4 Å². The Labute approximate surface area is 208 Å². The number of rotatable bonds is 5. The first-order valence-electron chi connectivity index (χ1n) is 12.3. The molecule has 0 unspecified atom stereocenters. The molecule has 1 aromatic heterocycles. The Hall–Kier alpha value is -2.97. The maximum atomic E-state index is 13.1. The lowest BCUT2D eigenvalue weighted by Gasteiger charge is -2.37. The fourth-order valence-corrected chi connectivity index (χ4v) is 6.76. The van der Waals surface area contributed by atoms with E-state index in [-0.39, 0.29) is 0 Å². The van der Waals surface area contributed by atoms with Gasteiger partial charge < -0.3 is 9.80 Å². The summed E-state index contributed by atoms with van der Waals surface area (Å²) in [5, 5.41) is 8.96. The van der Waals surface area contributed by atoms with E-state index in [1.807, 2.05) is 31.2 Å². The Bertz CT molecular complexity index is 1310. The maximum Gasteiger partial charge on any atom is 0.243 e. The standard InChI is InChI=1S/C27H33N5O2S/c1-20-6-7-21(2)25(18-20)30-14-16-31(17-15-30)27-11-10-24(28-29-27)23-9-8-22(3)26(19-23)35(33,34)32-12-4-5-13-32/h6-11,18-19H,4-5,12-17H2,1-3H3. The highest BCUT2D eigenvalue weighted by Gasteiger charge is 2.29. The number of aromatic nitrogens is 2. The minimum absolute atomic E-state index is 0.366. The zero-order valence-electron chi connectivity index (χ0n) is 20.7. The Morgan fingerprint density at radius 2 is 1.40 bits per heavy atom. The van der Waals surface area contributed by atoms with E-state index in [0.717, 1.165) is 56.0 Å². The molecule has 7 nitrogen and oxygen atoms in total. The average Bonchev–Trinajstić information content (AvgIpc) is 3.42. The average molecular weight is 492 g/mol. The van der Waals surface area contributed by atoms with Gasteiger partial charge in [-0.05, 0) is 74.6 Å². The van der Waals surface area contributed by atoms with Gasteiger partial charge in [0.15, 0.2) is 5.82 Å². The van der Waals surface area contributed by atoms with Gasteiger partial charge in [-0.3, -0.25) is 0 Å². The predicted octanol–water partition coefficient (Wildman–Crippen LogP) is 4.18. The molecule has 0 radical (unpaired) electrons. The van der Waals surface area contributed by atoms with Gasteiger partial charge in [0.2, 0.25) is 10.0 Å². The van der Waals surface area contributed by atoms with Gasteiger partial charge in [0.1, 0.15) is 0 Å². The Morgan fingerprint density at radius 1 is 0.714 bits per heavy atom. The molecule has 184 valence electrons. The van der Waals surface area contributed by atoms with Crippen LogP contribution in [0.15, 0.2) is 53.4 Å². The zero-order valence-corrected chi connectivity index (χ0v) is 21.6. The summed E-state index contributed by atoms with van der Waals surface area (Å²) in [5.41, 5.74) is 6.10. The number of aryl methyl sites for hydroxylation is 3. The Balaban J connectivity index is 1.30. The van der Waals surface area contributed by atoms with E-state index in [0.29, 0.717) is 23.7 Å². The molecule has 0 spiro atoms. The SMILES string of the molecule is Cc1ccc(C)c(N2CCN(c3ccc(-c4ccc(C)c(S(=O)(=O)N5CCCC5)c4)nn3)CC2)c1. The first kappa shape index (κ1) is 23.8. The summed E-state index contributed by atoms with van der Waals surface area (Å²) in [5.74, 6) is 0.853. The van der Waals surface area contributed by atoms with E-state index in [2.05, 4.69) is 52.0 Å². The van der Waals surface area contributed by atoms with Gasteiger partial charge in [-0.2, -0.15) is 4.31 Å². The van der Waals surface area contributed by atoms with Crippen LogP contribution in [0.25, 0.3) is 11.3 Å². The van der Waals surface area contributed by atoms with Crippen LogP contribution in [0.4, 0.5) is 11.5 Å². The van der Waals surface area contributed by atoms with E-state index in [1.165, 1.54) is 16.8 Å². The maximum absolute atomic E-state index is 13.1. The number of anilines is 2. The molecule has 2 saturated heterocycles. The zero-order chi connectivity index (χ0) is 24.6. The van der Waals surface area contributed by atoms with Crippen molar-refractivity contribution in [3.63, 3.8) is 0 Å². The highest BCUT2D eigenvalue weighted by Crippen LogP contribution is 2.29. The van der Waals surface area contributed by atoms with Gasteiger partial charge in [0.25, 0.3) is 0 Å². The second-order valence-electron chi connectivity index (χ2n) is 9.63. The molecule has 0 saturated carbocycles. The predicted molar refractivity (Wildman–Crippen MR) is 141 cm³/mol. The number of sulfonamides is 1. The third-order valence-electron chi connectivity index (χ3n) is 7.13. The number of hydrogen-bond donors (Lipinski definition) is 0. The molecule has 2 aromatic carbocycles. The van der Waals surface area contributed by atoms with Crippen molar-refractivity contribution in [2.45, 2.75) is 38.5 Å². The molecule has 8 heteroatoms. The van der Waals surface area contributed by atoms with Crippen molar-refractivity contribution < 1.29 is 8.42 Å².